The van der Waals surface area contributed by atoms with Gasteiger partial charge in [0.25, 0.3) is 0 Å². The number of amides is 1. The summed E-state index contributed by atoms with van der Waals surface area (Å²) in [5, 5.41) is 2.97. The molecule has 1 saturated carbocycles. The summed E-state index contributed by atoms with van der Waals surface area (Å²) in [7, 11) is 3.21. The number of hydrogen-bond donors (Lipinski definition) is 2. The largest absolute Gasteiger partial charge is 0.493 e. The molecule has 3 N–H and O–H groups in total. The molecule has 6 heteroatoms. The van der Waals surface area contributed by atoms with Crippen LogP contribution in [0.3, 0.4) is 0 Å². The van der Waals surface area contributed by atoms with Gasteiger partial charge in [0.1, 0.15) is 6.61 Å². The maximum Gasteiger partial charge on any atom is 0.224 e. The topological polar surface area (TPSA) is 82.8 Å². The number of rotatable bonds is 9. The van der Waals surface area contributed by atoms with Crippen molar-refractivity contribution in [2.75, 3.05) is 39.3 Å². The van der Waals surface area contributed by atoms with Gasteiger partial charge in [-0.3, -0.25) is 4.79 Å². The Hall–Kier alpha value is -1.79. The number of carbonyl (C=O) groups is 1. The van der Waals surface area contributed by atoms with Crippen LogP contribution in [0.15, 0.2) is 18.2 Å². The summed E-state index contributed by atoms with van der Waals surface area (Å²) < 4.78 is 15.9. The van der Waals surface area contributed by atoms with Crippen molar-refractivity contribution in [1.82, 2.24) is 0 Å². The van der Waals surface area contributed by atoms with Gasteiger partial charge in [0.05, 0.1) is 13.7 Å². The van der Waals surface area contributed by atoms with Crippen LogP contribution in [0.2, 0.25) is 0 Å². The van der Waals surface area contributed by atoms with Crippen LogP contribution in [0.4, 0.5) is 5.69 Å². The molecule has 1 aromatic carbocycles. The van der Waals surface area contributed by atoms with Crippen LogP contribution >= 0.6 is 0 Å². The van der Waals surface area contributed by atoms with Crippen LogP contribution in [0, 0.1) is 5.41 Å². The van der Waals surface area contributed by atoms with Gasteiger partial charge in [0.15, 0.2) is 11.5 Å². The van der Waals surface area contributed by atoms with E-state index >= 15 is 0 Å². The van der Waals surface area contributed by atoms with Gasteiger partial charge in [-0.05, 0) is 36.9 Å². The van der Waals surface area contributed by atoms with Crippen LogP contribution in [-0.2, 0) is 9.53 Å². The maximum atomic E-state index is 12.5. The molecule has 0 aliphatic heterocycles. The van der Waals surface area contributed by atoms with E-state index in [9.17, 15) is 4.79 Å². The van der Waals surface area contributed by atoms with Crippen LogP contribution in [0.1, 0.15) is 38.5 Å². The van der Waals surface area contributed by atoms with Crippen molar-refractivity contribution in [3.8, 4) is 11.5 Å². The monoisotopic (exact) mass is 350 g/mol. The average Bonchev–Trinajstić information content (AvgIpc) is 2.63. The summed E-state index contributed by atoms with van der Waals surface area (Å²) in [4.78, 5) is 12.5. The van der Waals surface area contributed by atoms with E-state index in [0.29, 0.717) is 43.4 Å². The van der Waals surface area contributed by atoms with Gasteiger partial charge in [0.2, 0.25) is 5.91 Å². The Morgan fingerprint density at radius 1 is 1.16 bits per heavy atom. The lowest BCUT2D eigenvalue weighted by molar-refractivity contribution is -0.118. The van der Waals surface area contributed by atoms with Gasteiger partial charge < -0.3 is 25.3 Å². The summed E-state index contributed by atoms with van der Waals surface area (Å²) in [5.41, 5.74) is 6.63. The summed E-state index contributed by atoms with van der Waals surface area (Å²) >= 11 is 0. The number of hydrogen-bond acceptors (Lipinski definition) is 5. The second-order valence-corrected chi connectivity index (χ2v) is 6.70. The van der Waals surface area contributed by atoms with Crippen LogP contribution < -0.4 is 20.5 Å². The van der Waals surface area contributed by atoms with E-state index in [2.05, 4.69) is 5.32 Å². The molecule has 0 unspecified atom stereocenters. The predicted molar refractivity (Wildman–Crippen MR) is 98.2 cm³/mol. The van der Waals surface area contributed by atoms with Crippen molar-refractivity contribution in [2.45, 2.75) is 38.5 Å². The molecule has 1 aliphatic carbocycles. The van der Waals surface area contributed by atoms with E-state index in [0.717, 1.165) is 25.7 Å². The first kappa shape index (κ1) is 19.5. The maximum absolute atomic E-state index is 12.5. The van der Waals surface area contributed by atoms with Gasteiger partial charge in [-0.25, -0.2) is 0 Å². The molecule has 0 heterocycles. The number of anilines is 1. The minimum Gasteiger partial charge on any atom is -0.493 e. The summed E-state index contributed by atoms with van der Waals surface area (Å²) in [5.74, 6) is 1.21. The molecule has 0 atom stereocenters. The molecule has 0 radical (unpaired) electrons. The van der Waals surface area contributed by atoms with Crippen molar-refractivity contribution >= 4 is 11.6 Å². The third-order valence-corrected chi connectivity index (χ3v) is 4.88. The molecule has 0 bridgehead atoms. The standard InChI is InChI=1S/C19H30N2O4/c1-23-10-11-25-17-12-15(6-7-16(17)24-2)21-18(22)13-19(14-20)8-4-3-5-9-19/h6-7,12H,3-5,8-11,13-14,20H2,1-2H3,(H,21,22). The smallest absolute Gasteiger partial charge is 0.224 e. The van der Waals surface area contributed by atoms with Gasteiger partial charge in [-0.15, -0.1) is 0 Å². The molecule has 1 aromatic rings. The fourth-order valence-corrected chi connectivity index (χ4v) is 3.40. The van der Waals surface area contributed by atoms with Crippen molar-refractivity contribution in [3.63, 3.8) is 0 Å². The quantitative estimate of drug-likeness (QED) is 0.669. The Morgan fingerprint density at radius 2 is 1.92 bits per heavy atom. The zero-order valence-electron chi connectivity index (χ0n) is 15.3. The minimum atomic E-state index is -0.0490. The summed E-state index contributed by atoms with van der Waals surface area (Å²) in [6, 6.07) is 5.38. The van der Waals surface area contributed by atoms with Crippen LogP contribution in [0.5, 0.6) is 11.5 Å². The highest BCUT2D eigenvalue weighted by Gasteiger charge is 2.33. The molecule has 0 saturated heterocycles. The molecule has 6 nitrogen and oxygen atoms in total. The third-order valence-electron chi connectivity index (χ3n) is 4.88. The van der Waals surface area contributed by atoms with E-state index in [-0.39, 0.29) is 11.3 Å². The molecule has 25 heavy (non-hydrogen) atoms. The highest BCUT2D eigenvalue weighted by atomic mass is 16.5. The zero-order valence-corrected chi connectivity index (χ0v) is 15.3. The lowest BCUT2D eigenvalue weighted by Gasteiger charge is -2.35. The molecule has 1 aliphatic rings. The fourth-order valence-electron chi connectivity index (χ4n) is 3.40. The van der Waals surface area contributed by atoms with Crippen LogP contribution in [0.25, 0.3) is 0 Å². The van der Waals surface area contributed by atoms with Crippen molar-refractivity contribution in [3.05, 3.63) is 18.2 Å². The average molecular weight is 350 g/mol. The molecular weight excluding hydrogens is 320 g/mol. The molecule has 2 rings (SSSR count). The Labute approximate surface area is 150 Å². The number of carbonyl (C=O) groups excluding carboxylic acids is 1. The molecule has 0 spiro atoms. The Kier molecular flexibility index (Phi) is 7.52. The van der Waals surface area contributed by atoms with Gasteiger partial charge in [0, 0.05) is 25.3 Å². The number of nitrogens with two attached hydrogens (primary N) is 1. The van der Waals surface area contributed by atoms with E-state index < -0.39 is 0 Å². The highest BCUT2D eigenvalue weighted by Crippen LogP contribution is 2.38. The second kappa shape index (κ2) is 9.63. The molecule has 1 amide bonds. The first-order valence-electron chi connectivity index (χ1n) is 8.92. The molecule has 0 aromatic heterocycles. The van der Waals surface area contributed by atoms with Gasteiger partial charge in [-0.2, -0.15) is 0 Å². The molecule has 140 valence electrons. The lowest BCUT2D eigenvalue weighted by atomic mass is 9.71. The number of nitrogens with one attached hydrogen (secondary N) is 1. The fraction of sp³-hybridized carbons (Fsp3) is 0.632. The van der Waals surface area contributed by atoms with E-state index in [4.69, 9.17) is 19.9 Å². The summed E-state index contributed by atoms with van der Waals surface area (Å²) in [6.45, 7) is 1.47. The summed E-state index contributed by atoms with van der Waals surface area (Å²) in [6.07, 6.45) is 6.09. The van der Waals surface area contributed by atoms with E-state index in [1.807, 2.05) is 6.07 Å². The minimum absolute atomic E-state index is 0.000332. The van der Waals surface area contributed by atoms with E-state index in [1.165, 1.54) is 6.42 Å². The second-order valence-electron chi connectivity index (χ2n) is 6.70. The van der Waals surface area contributed by atoms with Crippen LogP contribution in [-0.4, -0.2) is 39.9 Å². The first-order valence-corrected chi connectivity index (χ1v) is 8.92. The Morgan fingerprint density at radius 3 is 2.56 bits per heavy atom. The lowest BCUT2D eigenvalue weighted by Crippen LogP contribution is -2.36. The molecule has 1 fully saturated rings. The van der Waals surface area contributed by atoms with Gasteiger partial charge >= 0.3 is 0 Å². The zero-order chi connectivity index (χ0) is 18.1. The van der Waals surface area contributed by atoms with Gasteiger partial charge in [-0.1, -0.05) is 19.3 Å². The normalized spacial score (nSPS) is 16.3. The van der Waals surface area contributed by atoms with Crippen molar-refractivity contribution in [1.29, 1.82) is 0 Å². The Bertz CT molecular complexity index is 556. The Balaban J connectivity index is 2.00. The number of benzene rings is 1. The molecular formula is C19H30N2O4. The SMILES string of the molecule is COCCOc1cc(NC(=O)CC2(CN)CCCCC2)ccc1OC. The number of ether oxygens (including phenoxy) is 3. The van der Waals surface area contributed by atoms with Crippen molar-refractivity contribution < 1.29 is 19.0 Å². The van der Waals surface area contributed by atoms with Crippen molar-refractivity contribution in [2.24, 2.45) is 11.1 Å². The first-order chi connectivity index (χ1) is 12.1. The number of methoxy groups -OCH3 is 2. The van der Waals surface area contributed by atoms with E-state index in [1.54, 1.807) is 26.4 Å². The highest BCUT2D eigenvalue weighted by molar-refractivity contribution is 5.91. The predicted octanol–water partition coefficient (Wildman–Crippen LogP) is 2.96. The third kappa shape index (κ3) is 5.61.